The van der Waals surface area contributed by atoms with E-state index < -0.39 is 0 Å². The van der Waals surface area contributed by atoms with Gasteiger partial charge in [-0.1, -0.05) is 37.9 Å². The number of aromatic nitrogens is 1. The second-order valence-corrected chi connectivity index (χ2v) is 12.8. The highest BCUT2D eigenvalue weighted by molar-refractivity contribution is 9.10. The molecule has 5 rings (SSSR count). The minimum absolute atomic E-state index is 0.000704. The lowest BCUT2D eigenvalue weighted by atomic mass is 9.90. The fourth-order valence-electron chi connectivity index (χ4n) is 6.06. The molecule has 1 aliphatic carbocycles. The summed E-state index contributed by atoms with van der Waals surface area (Å²) >= 11 is 15.6. The van der Waals surface area contributed by atoms with E-state index in [-0.39, 0.29) is 29.7 Å². The quantitative estimate of drug-likeness (QED) is 0.380. The molecule has 2 fully saturated rings. The Labute approximate surface area is 257 Å². The molecule has 2 saturated heterocycles. The van der Waals surface area contributed by atoms with Gasteiger partial charge in [0.25, 0.3) is 0 Å². The normalized spacial score (nSPS) is 20.0. The minimum Gasteiger partial charge on any atom is -0.356 e. The van der Waals surface area contributed by atoms with Crippen molar-refractivity contribution in [1.29, 1.82) is 0 Å². The number of alkyl halides is 1. The van der Waals surface area contributed by atoms with Gasteiger partial charge in [0.15, 0.2) is 0 Å². The summed E-state index contributed by atoms with van der Waals surface area (Å²) in [6, 6.07) is 8.50. The summed E-state index contributed by atoms with van der Waals surface area (Å²) in [7, 11) is 0. The number of pyridine rings is 1. The summed E-state index contributed by atoms with van der Waals surface area (Å²) in [5, 5.41) is 3.98. The van der Waals surface area contributed by atoms with E-state index in [0.29, 0.717) is 12.5 Å². The van der Waals surface area contributed by atoms with E-state index in [9.17, 15) is 9.59 Å². The van der Waals surface area contributed by atoms with Crippen molar-refractivity contribution in [2.24, 2.45) is 11.8 Å². The molecule has 40 heavy (non-hydrogen) atoms. The summed E-state index contributed by atoms with van der Waals surface area (Å²) in [6.07, 6.45) is 8.51. The summed E-state index contributed by atoms with van der Waals surface area (Å²) in [5.74, 6) is 0.649. The third-order valence-corrected chi connectivity index (χ3v) is 9.10. The van der Waals surface area contributed by atoms with E-state index in [2.05, 4.69) is 58.2 Å². The number of halogens is 3. The first-order valence-electron chi connectivity index (χ1n) is 14.6. The van der Waals surface area contributed by atoms with Crippen LogP contribution in [0.4, 0.5) is 0 Å². The van der Waals surface area contributed by atoms with Crippen molar-refractivity contribution < 1.29 is 9.59 Å². The van der Waals surface area contributed by atoms with Gasteiger partial charge in [-0.2, -0.15) is 0 Å². The Balaban J connectivity index is 0.00000118. The molecule has 3 aliphatic rings. The number of hydrogen-bond acceptors (Lipinski definition) is 4. The molecule has 1 aromatic carbocycles. The van der Waals surface area contributed by atoms with Gasteiger partial charge < -0.3 is 10.2 Å². The number of nitrogens with zero attached hydrogens (tertiary/aromatic N) is 3. The topological polar surface area (TPSA) is 65.5 Å². The molecule has 1 N–H and O–H groups in total. The van der Waals surface area contributed by atoms with E-state index in [4.69, 9.17) is 28.2 Å². The summed E-state index contributed by atoms with van der Waals surface area (Å²) in [4.78, 5) is 34.0. The SMILES string of the molecule is CCC.O=C(NCC1CCN(C(=O)CCl)CC1)C1CCN(C2c3ccc(Cl)cc3CCc3cc(Br)cnc32)CC1. The van der Waals surface area contributed by atoms with Crippen LogP contribution in [-0.2, 0) is 22.4 Å². The monoisotopic (exact) mass is 650 g/mol. The molecule has 1 atom stereocenters. The summed E-state index contributed by atoms with van der Waals surface area (Å²) in [5.41, 5.74) is 4.95. The second-order valence-electron chi connectivity index (χ2n) is 11.2. The highest BCUT2D eigenvalue weighted by Crippen LogP contribution is 2.39. The number of likely N-dealkylation sites (tertiary alicyclic amines) is 2. The number of aryl methyl sites for hydroxylation is 2. The molecular formula is C31H41BrCl2N4O2. The summed E-state index contributed by atoms with van der Waals surface area (Å²) < 4.78 is 1.00. The molecule has 0 saturated carbocycles. The summed E-state index contributed by atoms with van der Waals surface area (Å²) in [6.45, 7) is 8.09. The molecule has 6 nitrogen and oxygen atoms in total. The maximum absolute atomic E-state index is 13.0. The molecule has 0 bridgehead atoms. The van der Waals surface area contributed by atoms with Crippen LogP contribution in [-0.4, -0.2) is 65.2 Å². The van der Waals surface area contributed by atoms with Gasteiger partial charge in [-0.25, -0.2) is 0 Å². The van der Waals surface area contributed by atoms with Crippen LogP contribution < -0.4 is 5.32 Å². The number of amides is 2. The molecule has 2 aromatic rings. The van der Waals surface area contributed by atoms with Crippen molar-refractivity contribution >= 4 is 50.9 Å². The number of carbonyl (C=O) groups is 2. The molecule has 1 unspecified atom stereocenters. The molecule has 0 radical (unpaired) electrons. The molecule has 2 aliphatic heterocycles. The Bertz CT molecular complexity index is 1110. The zero-order valence-electron chi connectivity index (χ0n) is 23.6. The Morgan fingerprint density at radius 1 is 1.02 bits per heavy atom. The van der Waals surface area contributed by atoms with Gasteiger partial charge in [-0.05, 0) is 108 Å². The fraction of sp³-hybridized carbons (Fsp3) is 0.581. The maximum Gasteiger partial charge on any atom is 0.237 e. The van der Waals surface area contributed by atoms with Crippen molar-refractivity contribution in [2.45, 2.75) is 64.8 Å². The lowest BCUT2D eigenvalue weighted by Gasteiger charge is -2.38. The number of carbonyl (C=O) groups excluding carboxylic acids is 2. The maximum atomic E-state index is 13.0. The number of piperidine rings is 2. The van der Waals surface area contributed by atoms with Gasteiger partial charge in [0.1, 0.15) is 5.88 Å². The highest BCUT2D eigenvalue weighted by atomic mass is 79.9. The van der Waals surface area contributed by atoms with Crippen LogP contribution in [0.2, 0.25) is 5.02 Å². The van der Waals surface area contributed by atoms with Crippen LogP contribution in [0.5, 0.6) is 0 Å². The van der Waals surface area contributed by atoms with Gasteiger partial charge in [0, 0.05) is 41.2 Å². The Morgan fingerprint density at radius 2 is 1.70 bits per heavy atom. The number of rotatable bonds is 5. The van der Waals surface area contributed by atoms with Crippen LogP contribution in [0.25, 0.3) is 0 Å². The number of fused-ring (bicyclic) bond motifs is 2. The van der Waals surface area contributed by atoms with Crippen LogP contribution in [0.3, 0.4) is 0 Å². The largest absolute Gasteiger partial charge is 0.356 e. The number of benzene rings is 1. The lowest BCUT2D eigenvalue weighted by molar-refractivity contribution is -0.130. The fourth-order valence-corrected chi connectivity index (χ4v) is 6.80. The van der Waals surface area contributed by atoms with Gasteiger partial charge >= 0.3 is 0 Å². The van der Waals surface area contributed by atoms with E-state index in [1.54, 1.807) is 0 Å². The minimum atomic E-state index is 0.000704. The van der Waals surface area contributed by atoms with E-state index in [0.717, 1.165) is 79.9 Å². The predicted octanol–water partition coefficient (Wildman–Crippen LogP) is 6.41. The first-order chi connectivity index (χ1) is 19.3. The molecule has 0 spiro atoms. The van der Waals surface area contributed by atoms with Crippen molar-refractivity contribution in [3.8, 4) is 0 Å². The molecule has 2 amide bonds. The first kappa shape index (κ1) is 31.3. The van der Waals surface area contributed by atoms with E-state index in [1.165, 1.54) is 23.1 Å². The Hall–Kier alpha value is -1.67. The molecule has 9 heteroatoms. The zero-order chi connectivity index (χ0) is 28.6. The Morgan fingerprint density at radius 3 is 2.38 bits per heavy atom. The third kappa shape index (κ3) is 7.78. The van der Waals surface area contributed by atoms with Gasteiger partial charge in [0.2, 0.25) is 11.8 Å². The first-order valence-corrected chi connectivity index (χ1v) is 16.3. The number of nitrogens with one attached hydrogen (secondary N) is 1. The van der Waals surface area contributed by atoms with Crippen LogP contribution >= 0.6 is 39.1 Å². The second kappa shape index (κ2) is 15.0. The standard InChI is InChI=1S/C28H33BrCl2N4O2.C3H8/c29-22-13-21-2-1-20-14-23(31)3-4-24(20)27(26(21)32-17-22)35-11-7-19(8-12-35)28(37)33-16-18-5-9-34(10-6-18)25(36)15-30;1-3-2/h3-4,13-14,17-19,27H,1-2,5-12,15-16H2,(H,33,37);3H2,1-2H3. The van der Waals surface area contributed by atoms with Crippen LogP contribution in [0, 0.1) is 11.8 Å². The molecule has 218 valence electrons. The van der Waals surface area contributed by atoms with Gasteiger partial charge in [0.05, 0.1) is 11.7 Å². The molecular weight excluding hydrogens is 611 g/mol. The third-order valence-electron chi connectivity index (χ3n) is 8.20. The lowest BCUT2D eigenvalue weighted by Crippen LogP contribution is -2.45. The average molecular weight is 653 g/mol. The van der Waals surface area contributed by atoms with Crippen molar-refractivity contribution in [2.75, 3.05) is 38.6 Å². The molecule has 3 heterocycles. The van der Waals surface area contributed by atoms with Crippen molar-refractivity contribution in [3.05, 3.63) is 62.3 Å². The van der Waals surface area contributed by atoms with Crippen molar-refractivity contribution in [3.63, 3.8) is 0 Å². The van der Waals surface area contributed by atoms with Gasteiger partial charge in [-0.15, -0.1) is 11.6 Å². The highest BCUT2D eigenvalue weighted by Gasteiger charge is 2.34. The predicted molar refractivity (Wildman–Crippen MR) is 166 cm³/mol. The molecule has 1 aromatic heterocycles. The van der Waals surface area contributed by atoms with E-state index >= 15 is 0 Å². The van der Waals surface area contributed by atoms with Gasteiger partial charge in [-0.3, -0.25) is 19.5 Å². The van der Waals surface area contributed by atoms with Crippen molar-refractivity contribution in [1.82, 2.24) is 20.1 Å². The van der Waals surface area contributed by atoms with E-state index in [1.807, 2.05) is 17.2 Å². The zero-order valence-corrected chi connectivity index (χ0v) is 26.7. The number of hydrogen-bond donors (Lipinski definition) is 1. The Kier molecular flexibility index (Phi) is 11.7. The smallest absolute Gasteiger partial charge is 0.237 e. The van der Waals surface area contributed by atoms with Crippen LogP contribution in [0.15, 0.2) is 34.9 Å². The van der Waals surface area contributed by atoms with Crippen LogP contribution in [0.1, 0.15) is 74.4 Å². The average Bonchev–Trinajstić information content (AvgIpc) is 3.12.